The third kappa shape index (κ3) is 3.51. The topological polar surface area (TPSA) is 12.9 Å². The number of hydrogen-bond donors (Lipinski definition) is 0. The third-order valence-corrected chi connectivity index (χ3v) is 2.53. The second-order valence-corrected chi connectivity index (χ2v) is 3.09. The van der Waals surface area contributed by atoms with E-state index in [2.05, 4.69) is 24.3 Å². The molecule has 0 radical (unpaired) electrons. The third-order valence-electron chi connectivity index (χ3n) is 1.56. The van der Waals surface area contributed by atoms with E-state index >= 15 is 0 Å². The van der Waals surface area contributed by atoms with Gasteiger partial charge in [-0.1, -0.05) is 27.7 Å². The quantitative estimate of drug-likeness (QED) is 0.661. The molecule has 1 atom stereocenters. The van der Waals surface area contributed by atoms with E-state index in [1.807, 2.05) is 20.0 Å². The first-order chi connectivity index (χ1) is 5.34. The summed E-state index contributed by atoms with van der Waals surface area (Å²) >= 11 is 1.61. The van der Waals surface area contributed by atoms with Gasteiger partial charge < -0.3 is 0 Å². The normalized spacial score (nSPS) is 11.6. The number of rotatable bonds is 2. The van der Waals surface area contributed by atoms with Gasteiger partial charge in [0, 0.05) is 11.1 Å². The summed E-state index contributed by atoms with van der Waals surface area (Å²) in [4.78, 5) is 1.40. The lowest BCUT2D eigenvalue weighted by Gasteiger charge is -2.01. The van der Waals surface area contributed by atoms with Crippen molar-refractivity contribution in [3.05, 3.63) is 17.1 Å². The number of hydrogen-bond acceptors (Lipinski definition) is 2. The van der Waals surface area contributed by atoms with Gasteiger partial charge in [0.1, 0.15) is 0 Å². The molecule has 0 aromatic carbocycles. The van der Waals surface area contributed by atoms with Crippen molar-refractivity contribution in [2.24, 2.45) is 0 Å². The molecule has 1 nitrogen and oxygen atoms in total. The first kappa shape index (κ1) is 10.6. The Kier molecular flexibility index (Phi) is 6.13. The summed E-state index contributed by atoms with van der Waals surface area (Å²) in [6, 6.07) is 2.10. The van der Waals surface area contributed by atoms with Gasteiger partial charge in [0.05, 0.1) is 0 Å². The van der Waals surface area contributed by atoms with Crippen molar-refractivity contribution in [2.45, 2.75) is 40.0 Å². The van der Waals surface area contributed by atoms with Crippen molar-refractivity contribution in [3.8, 4) is 0 Å². The van der Waals surface area contributed by atoms with E-state index < -0.39 is 0 Å². The zero-order valence-electron chi connectivity index (χ0n) is 7.79. The summed E-state index contributed by atoms with van der Waals surface area (Å²) in [5.74, 6) is 0.692. The maximum absolute atomic E-state index is 4.03. The van der Waals surface area contributed by atoms with Crippen LogP contribution in [0.15, 0.2) is 12.3 Å². The minimum atomic E-state index is 0.692. The molecule has 1 aromatic rings. The molecule has 0 saturated carbocycles. The smallest absolute Gasteiger partial charge is 0.0409 e. The van der Waals surface area contributed by atoms with E-state index in [0.717, 1.165) is 0 Å². The molecule has 1 rings (SSSR count). The zero-order valence-corrected chi connectivity index (χ0v) is 8.61. The van der Waals surface area contributed by atoms with Gasteiger partial charge in [-0.2, -0.15) is 0 Å². The lowest BCUT2D eigenvalue weighted by atomic mass is 10.1. The highest BCUT2D eigenvalue weighted by atomic mass is 32.1. The fourth-order valence-electron chi connectivity index (χ4n) is 0.681. The summed E-state index contributed by atoms with van der Waals surface area (Å²) < 4.78 is 4.03. The Hall–Kier alpha value is -0.370. The van der Waals surface area contributed by atoms with Crippen molar-refractivity contribution >= 4 is 11.5 Å². The summed E-state index contributed by atoms with van der Waals surface area (Å²) in [5, 5.41) is 0. The molecule has 0 bridgehead atoms. The molecule has 0 aliphatic carbocycles. The Bertz CT molecular complexity index is 158. The van der Waals surface area contributed by atoms with Crippen LogP contribution in [-0.4, -0.2) is 4.37 Å². The Morgan fingerprint density at radius 2 is 2.18 bits per heavy atom. The van der Waals surface area contributed by atoms with Gasteiger partial charge in [0.2, 0.25) is 0 Å². The summed E-state index contributed by atoms with van der Waals surface area (Å²) in [6.45, 7) is 8.43. The Morgan fingerprint density at radius 1 is 1.55 bits per heavy atom. The first-order valence-corrected chi connectivity index (χ1v) is 5.02. The van der Waals surface area contributed by atoms with Crippen LogP contribution in [0.3, 0.4) is 0 Å². The molecule has 2 heteroatoms. The van der Waals surface area contributed by atoms with Gasteiger partial charge in [0.25, 0.3) is 0 Å². The number of aromatic nitrogens is 1. The highest BCUT2D eigenvalue weighted by Gasteiger charge is 2.02. The average molecular weight is 171 g/mol. The van der Waals surface area contributed by atoms with Gasteiger partial charge in [-0.3, -0.25) is 0 Å². The molecule has 1 aromatic heterocycles. The van der Waals surface area contributed by atoms with Gasteiger partial charge in [0.15, 0.2) is 0 Å². The van der Waals surface area contributed by atoms with E-state index in [-0.39, 0.29) is 0 Å². The van der Waals surface area contributed by atoms with Crippen LogP contribution in [0.2, 0.25) is 0 Å². The van der Waals surface area contributed by atoms with E-state index in [9.17, 15) is 0 Å². The Balaban J connectivity index is 0.000000461. The van der Waals surface area contributed by atoms with E-state index in [0.29, 0.717) is 5.92 Å². The van der Waals surface area contributed by atoms with Crippen LogP contribution >= 0.6 is 11.5 Å². The van der Waals surface area contributed by atoms with Gasteiger partial charge in [-0.25, -0.2) is 4.37 Å². The van der Waals surface area contributed by atoms with Gasteiger partial charge >= 0.3 is 0 Å². The predicted molar refractivity (Wildman–Crippen MR) is 52.2 cm³/mol. The van der Waals surface area contributed by atoms with Crippen LogP contribution in [0.5, 0.6) is 0 Å². The standard InChI is InChI=1S/C7H11NS.C2H6/c1-3-6(2)7-4-5-8-9-7;1-2/h4-6H,3H2,1-2H3;1-2H3. The SMILES string of the molecule is CC.CCC(C)c1ccns1. The Labute approximate surface area is 73.6 Å². The van der Waals surface area contributed by atoms with Crippen LogP contribution < -0.4 is 0 Å². The van der Waals surface area contributed by atoms with Crippen LogP contribution in [0.25, 0.3) is 0 Å². The average Bonchev–Trinajstić information content (AvgIpc) is 2.59. The van der Waals surface area contributed by atoms with Gasteiger partial charge in [-0.15, -0.1) is 0 Å². The maximum Gasteiger partial charge on any atom is 0.0409 e. The highest BCUT2D eigenvalue weighted by Crippen LogP contribution is 2.20. The molecular weight excluding hydrogens is 154 g/mol. The fourth-order valence-corrected chi connectivity index (χ4v) is 1.39. The Morgan fingerprint density at radius 3 is 2.55 bits per heavy atom. The maximum atomic E-state index is 4.03. The molecule has 64 valence electrons. The van der Waals surface area contributed by atoms with Crippen molar-refractivity contribution in [2.75, 3.05) is 0 Å². The van der Waals surface area contributed by atoms with Crippen molar-refractivity contribution < 1.29 is 0 Å². The van der Waals surface area contributed by atoms with E-state index in [1.165, 1.54) is 11.3 Å². The minimum absolute atomic E-state index is 0.692. The van der Waals surface area contributed by atoms with E-state index in [4.69, 9.17) is 0 Å². The molecule has 11 heavy (non-hydrogen) atoms. The molecule has 0 aliphatic heterocycles. The molecule has 0 saturated heterocycles. The summed E-state index contributed by atoms with van der Waals surface area (Å²) in [6.07, 6.45) is 3.08. The largest absolute Gasteiger partial charge is 0.201 e. The lowest BCUT2D eigenvalue weighted by molar-refractivity contribution is 0.748. The molecule has 0 fully saturated rings. The molecule has 0 N–H and O–H groups in total. The van der Waals surface area contributed by atoms with Crippen LogP contribution in [0, 0.1) is 0 Å². The number of nitrogens with zero attached hydrogens (tertiary/aromatic N) is 1. The first-order valence-electron chi connectivity index (χ1n) is 4.25. The van der Waals surface area contributed by atoms with Gasteiger partial charge in [-0.05, 0) is 29.9 Å². The monoisotopic (exact) mass is 171 g/mol. The van der Waals surface area contributed by atoms with Crippen molar-refractivity contribution in [1.29, 1.82) is 0 Å². The predicted octanol–water partition coefficient (Wildman–Crippen LogP) is 3.68. The minimum Gasteiger partial charge on any atom is -0.201 e. The lowest BCUT2D eigenvalue weighted by Crippen LogP contribution is -1.84. The summed E-state index contributed by atoms with van der Waals surface area (Å²) in [7, 11) is 0. The molecule has 1 unspecified atom stereocenters. The molecule has 0 amide bonds. The second-order valence-electron chi connectivity index (χ2n) is 2.22. The summed E-state index contributed by atoms with van der Waals surface area (Å²) in [5.41, 5.74) is 0. The van der Waals surface area contributed by atoms with Crippen LogP contribution in [0.4, 0.5) is 0 Å². The zero-order chi connectivity index (χ0) is 8.69. The molecule has 0 spiro atoms. The highest BCUT2D eigenvalue weighted by molar-refractivity contribution is 7.05. The van der Waals surface area contributed by atoms with Crippen LogP contribution in [0.1, 0.15) is 44.9 Å². The van der Waals surface area contributed by atoms with Crippen LogP contribution in [-0.2, 0) is 0 Å². The second kappa shape index (κ2) is 6.35. The van der Waals surface area contributed by atoms with Crippen molar-refractivity contribution in [1.82, 2.24) is 4.37 Å². The fraction of sp³-hybridized carbons (Fsp3) is 0.667. The van der Waals surface area contributed by atoms with E-state index in [1.54, 1.807) is 11.5 Å². The molecule has 0 aliphatic rings. The molecular formula is C9H17NS. The molecule has 1 heterocycles. The van der Waals surface area contributed by atoms with Crippen molar-refractivity contribution in [3.63, 3.8) is 0 Å².